The molecule has 0 unspecified atom stereocenters. The first kappa shape index (κ1) is 17.0. The maximum Gasteiger partial charge on any atom is 0.348 e. The van der Waals surface area contributed by atoms with E-state index in [2.05, 4.69) is 15.1 Å². The molecule has 1 aromatic carbocycles. The predicted molar refractivity (Wildman–Crippen MR) is 98.9 cm³/mol. The van der Waals surface area contributed by atoms with Crippen molar-refractivity contribution >= 4 is 38.9 Å². The van der Waals surface area contributed by atoms with Gasteiger partial charge in [0.2, 0.25) is 0 Å². The SMILES string of the molecule is CCOC(=O)c1sc2ncn3nc(-c4ccccc4[N+](=O)[O-])nc3c2c1C. The molecule has 0 amide bonds. The number of nitro benzene ring substituents is 1. The van der Waals surface area contributed by atoms with E-state index in [1.807, 2.05) is 0 Å². The smallest absolute Gasteiger partial charge is 0.348 e. The van der Waals surface area contributed by atoms with Gasteiger partial charge in [-0.15, -0.1) is 16.4 Å². The van der Waals surface area contributed by atoms with E-state index in [-0.39, 0.29) is 18.1 Å². The van der Waals surface area contributed by atoms with Crippen molar-refractivity contribution in [2.75, 3.05) is 6.61 Å². The number of aromatic nitrogens is 4. The van der Waals surface area contributed by atoms with E-state index in [0.717, 1.165) is 0 Å². The van der Waals surface area contributed by atoms with Crippen molar-refractivity contribution in [1.82, 2.24) is 19.6 Å². The monoisotopic (exact) mass is 383 g/mol. The normalized spacial score (nSPS) is 11.2. The lowest BCUT2D eigenvalue weighted by atomic mass is 10.1. The molecule has 0 aliphatic rings. The van der Waals surface area contributed by atoms with Crippen molar-refractivity contribution in [3.63, 3.8) is 0 Å². The summed E-state index contributed by atoms with van der Waals surface area (Å²) in [6.07, 6.45) is 1.48. The van der Waals surface area contributed by atoms with Gasteiger partial charge in [-0.3, -0.25) is 10.1 Å². The first-order valence-electron chi connectivity index (χ1n) is 8.06. The number of esters is 1. The molecule has 136 valence electrons. The summed E-state index contributed by atoms with van der Waals surface area (Å²) in [6, 6.07) is 6.29. The average molecular weight is 383 g/mol. The first-order valence-corrected chi connectivity index (χ1v) is 8.88. The Hall–Kier alpha value is -3.40. The zero-order valence-electron chi connectivity index (χ0n) is 14.4. The number of fused-ring (bicyclic) bond motifs is 3. The number of carbonyl (C=O) groups is 1. The van der Waals surface area contributed by atoms with Gasteiger partial charge >= 0.3 is 5.97 Å². The van der Waals surface area contributed by atoms with E-state index in [0.29, 0.717) is 31.9 Å². The molecular weight excluding hydrogens is 370 g/mol. The van der Waals surface area contributed by atoms with Crippen molar-refractivity contribution in [3.8, 4) is 11.4 Å². The quantitative estimate of drug-likeness (QED) is 0.301. The van der Waals surface area contributed by atoms with E-state index >= 15 is 0 Å². The third kappa shape index (κ3) is 2.70. The standard InChI is InChI=1S/C17H13N5O4S/c1-3-26-17(23)13-9(2)12-15-19-14(20-21(15)8-18-16(12)27-13)10-6-4-5-7-11(10)22(24)25/h4-8H,3H2,1-2H3. The predicted octanol–water partition coefficient (Wildman–Crippen LogP) is 3.40. The van der Waals surface area contributed by atoms with Crippen LogP contribution in [0, 0.1) is 17.0 Å². The van der Waals surface area contributed by atoms with Gasteiger partial charge in [-0.25, -0.2) is 19.3 Å². The second kappa shape index (κ2) is 6.40. The molecule has 4 aromatic rings. The van der Waals surface area contributed by atoms with Crippen LogP contribution in [0.5, 0.6) is 0 Å². The second-order valence-electron chi connectivity index (χ2n) is 5.68. The van der Waals surface area contributed by atoms with Gasteiger partial charge in [-0.05, 0) is 25.5 Å². The second-order valence-corrected chi connectivity index (χ2v) is 6.68. The van der Waals surface area contributed by atoms with E-state index in [1.54, 1.807) is 32.0 Å². The number of rotatable bonds is 4. The van der Waals surface area contributed by atoms with Gasteiger partial charge in [-0.1, -0.05) is 12.1 Å². The highest BCUT2D eigenvalue weighted by Gasteiger charge is 2.23. The Morgan fingerprint density at radius 3 is 2.89 bits per heavy atom. The Morgan fingerprint density at radius 2 is 2.15 bits per heavy atom. The van der Waals surface area contributed by atoms with E-state index in [9.17, 15) is 14.9 Å². The molecule has 9 nitrogen and oxygen atoms in total. The molecule has 0 bridgehead atoms. The minimum absolute atomic E-state index is 0.0770. The fourth-order valence-electron chi connectivity index (χ4n) is 2.86. The molecule has 0 saturated carbocycles. The summed E-state index contributed by atoms with van der Waals surface area (Å²) in [5.41, 5.74) is 1.43. The van der Waals surface area contributed by atoms with Crippen molar-refractivity contribution in [2.24, 2.45) is 0 Å². The molecule has 0 atom stereocenters. The molecule has 0 aliphatic heterocycles. The van der Waals surface area contributed by atoms with Crippen molar-refractivity contribution in [1.29, 1.82) is 0 Å². The summed E-state index contributed by atoms with van der Waals surface area (Å²) in [7, 11) is 0. The van der Waals surface area contributed by atoms with Crippen LogP contribution < -0.4 is 0 Å². The Labute approximate surface area is 156 Å². The number of hydrogen-bond donors (Lipinski definition) is 0. The van der Waals surface area contributed by atoms with Gasteiger partial charge in [-0.2, -0.15) is 0 Å². The summed E-state index contributed by atoms with van der Waals surface area (Å²) in [6.45, 7) is 3.82. The maximum absolute atomic E-state index is 12.2. The molecule has 0 radical (unpaired) electrons. The van der Waals surface area contributed by atoms with Gasteiger partial charge in [0.25, 0.3) is 5.69 Å². The van der Waals surface area contributed by atoms with E-state index in [4.69, 9.17) is 4.74 Å². The molecule has 3 aromatic heterocycles. The molecule has 3 heterocycles. The van der Waals surface area contributed by atoms with Crippen molar-refractivity contribution < 1.29 is 14.5 Å². The number of nitro groups is 1. The topological polar surface area (TPSA) is 113 Å². The van der Waals surface area contributed by atoms with Crippen LogP contribution in [0.2, 0.25) is 0 Å². The number of ether oxygens (including phenoxy) is 1. The Balaban J connectivity index is 1.95. The van der Waals surface area contributed by atoms with Crippen LogP contribution in [0.1, 0.15) is 22.2 Å². The molecule has 0 saturated heterocycles. The molecule has 10 heteroatoms. The lowest BCUT2D eigenvalue weighted by Crippen LogP contribution is -2.03. The third-order valence-corrected chi connectivity index (χ3v) is 5.25. The lowest BCUT2D eigenvalue weighted by Gasteiger charge is -1.99. The van der Waals surface area contributed by atoms with Gasteiger partial charge in [0.05, 0.1) is 22.5 Å². The zero-order chi connectivity index (χ0) is 19.1. The minimum Gasteiger partial charge on any atom is -0.462 e. The Morgan fingerprint density at radius 1 is 1.37 bits per heavy atom. The molecule has 0 spiro atoms. The number of benzene rings is 1. The molecule has 0 fully saturated rings. The maximum atomic E-state index is 12.2. The molecule has 0 N–H and O–H groups in total. The summed E-state index contributed by atoms with van der Waals surface area (Å²) < 4.78 is 6.55. The van der Waals surface area contributed by atoms with Gasteiger partial charge < -0.3 is 4.74 Å². The lowest BCUT2D eigenvalue weighted by molar-refractivity contribution is -0.384. The highest BCUT2D eigenvalue weighted by Crippen LogP contribution is 2.34. The van der Waals surface area contributed by atoms with Crippen LogP contribution in [0.25, 0.3) is 27.3 Å². The summed E-state index contributed by atoms with van der Waals surface area (Å²) in [4.78, 5) is 32.9. The molecule has 0 aliphatic carbocycles. The van der Waals surface area contributed by atoms with Crippen LogP contribution in [0.4, 0.5) is 5.69 Å². The zero-order valence-corrected chi connectivity index (χ0v) is 15.2. The van der Waals surface area contributed by atoms with Gasteiger partial charge in [0.15, 0.2) is 11.5 Å². The fourth-order valence-corrected chi connectivity index (χ4v) is 3.90. The first-order chi connectivity index (χ1) is 13.0. The van der Waals surface area contributed by atoms with Gasteiger partial charge in [0, 0.05) is 6.07 Å². The van der Waals surface area contributed by atoms with Crippen molar-refractivity contribution in [3.05, 3.63) is 51.1 Å². The Kier molecular flexibility index (Phi) is 4.04. The largest absolute Gasteiger partial charge is 0.462 e. The molecule has 4 rings (SSSR count). The average Bonchev–Trinajstić information content (AvgIpc) is 3.23. The third-order valence-electron chi connectivity index (χ3n) is 4.07. The van der Waals surface area contributed by atoms with E-state index in [1.165, 1.54) is 28.2 Å². The number of nitrogens with zero attached hydrogens (tertiary/aromatic N) is 5. The Bertz CT molecular complexity index is 1210. The number of para-hydroxylation sites is 1. The number of carbonyl (C=O) groups excluding carboxylic acids is 1. The van der Waals surface area contributed by atoms with Crippen LogP contribution in [-0.2, 0) is 4.74 Å². The van der Waals surface area contributed by atoms with Crippen LogP contribution in [-0.4, -0.2) is 37.1 Å². The highest BCUT2D eigenvalue weighted by molar-refractivity contribution is 7.20. The summed E-state index contributed by atoms with van der Waals surface area (Å²) >= 11 is 1.22. The number of thiophene rings is 1. The molecular formula is C17H13N5O4S. The molecule has 27 heavy (non-hydrogen) atoms. The van der Waals surface area contributed by atoms with Crippen LogP contribution in [0.15, 0.2) is 30.6 Å². The number of aryl methyl sites for hydroxylation is 1. The summed E-state index contributed by atoms with van der Waals surface area (Å²) in [5.74, 6) is -0.186. The summed E-state index contributed by atoms with van der Waals surface area (Å²) in [5, 5.41) is 16.3. The van der Waals surface area contributed by atoms with E-state index < -0.39 is 10.9 Å². The fraction of sp³-hybridized carbons (Fsp3) is 0.176. The highest BCUT2D eigenvalue weighted by atomic mass is 32.1. The number of hydrogen-bond acceptors (Lipinski definition) is 8. The van der Waals surface area contributed by atoms with Crippen LogP contribution >= 0.6 is 11.3 Å². The van der Waals surface area contributed by atoms with Crippen molar-refractivity contribution in [2.45, 2.75) is 13.8 Å². The van der Waals surface area contributed by atoms with Crippen LogP contribution in [0.3, 0.4) is 0 Å². The minimum atomic E-state index is -0.469. The van der Waals surface area contributed by atoms with Gasteiger partial charge in [0.1, 0.15) is 16.0 Å².